The van der Waals surface area contributed by atoms with E-state index in [1.54, 1.807) is 11.3 Å². The number of thiophene rings is 1. The van der Waals surface area contributed by atoms with Crippen LogP contribution in [0.5, 0.6) is 0 Å². The van der Waals surface area contributed by atoms with Crippen LogP contribution in [-0.4, -0.2) is 9.78 Å². The summed E-state index contributed by atoms with van der Waals surface area (Å²) in [6.45, 7) is 0.866. The van der Waals surface area contributed by atoms with Gasteiger partial charge in [-0.1, -0.05) is 11.6 Å². The van der Waals surface area contributed by atoms with Gasteiger partial charge in [0, 0.05) is 36.3 Å². The topological polar surface area (TPSA) is 29.9 Å². The lowest BCUT2D eigenvalue weighted by atomic mass is 9.94. The molecule has 1 N–H and O–H groups in total. The molecule has 0 amide bonds. The summed E-state index contributed by atoms with van der Waals surface area (Å²) in [5.41, 5.74) is 2.63. The van der Waals surface area contributed by atoms with Crippen molar-refractivity contribution in [2.75, 3.05) is 0 Å². The third kappa shape index (κ3) is 2.46. The van der Waals surface area contributed by atoms with Crippen LogP contribution in [0.3, 0.4) is 0 Å². The van der Waals surface area contributed by atoms with Crippen LogP contribution in [0.2, 0.25) is 4.34 Å². The maximum atomic E-state index is 6.11. The number of hydrogen-bond acceptors (Lipinski definition) is 3. The minimum absolute atomic E-state index is 0.442. The second kappa shape index (κ2) is 5.03. The minimum Gasteiger partial charge on any atom is -0.306 e. The molecule has 1 unspecified atom stereocenters. The Morgan fingerprint density at radius 2 is 2.50 bits per heavy atom. The fourth-order valence-corrected chi connectivity index (χ4v) is 3.92. The number of rotatable bonds is 3. The van der Waals surface area contributed by atoms with Crippen LogP contribution in [0, 0.1) is 0 Å². The lowest BCUT2D eigenvalue weighted by Crippen LogP contribution is -2.23. The third-order valence-corrected chi connectivity index (χ3v) is 4.73. The van der Waals surface area contributed by atoms with Gasteiger partial charge >= 0.3 is 0 Å². The molecule has 0 saturated heterocycles. The Kier molecular flexibility index (Phi) is 3.41. The van der Waals surface area contributed by atoms with E-state index in [2.05, 4.69) is 22.7 Å². The number of nitrogens with zero attached hydrogens (tertiary/aromatic N) is 2. The van der Waals surface area contributed by atoms with Crippen LogP contribution < -0.4 is 5.32 Å². The lowest BCUT2D eigenvalue weighted by Gasteiger charge is -2.23. The summed E-state index contributed by atoms with van der Waals surface area (Å²) in [7, 11) is 1.95. The molecule has 0 bridgehead atoms. The van der Waals surface area contributed by atoms with Gasteiger partial charge in [0.05, 0.1) is 10.5 Å². The highest BCUT2D eigenvalue weighted by molar-refractivity contribution is 7.16. The van der Waals surface area contributed by atoms with Gasteiger partial charge in [0.2, 0.25) is 0 Å². The molecule has 3 rings (SSSR count). The van der Waals surface area contributed by atoms with E-state index in [1.165, 1.54) is 35.3 Å². The van der Waals surface area contributed by atoms with Gasteiger partial charge in [-0.3, -0.25) is 4.68 Å². The summed E-state index contributed by atoms with van der Waals surface area (Å²) in [4.78, 5) is 1.45. The summed E-state index contributed by atoms with van der Waals surface area (Å²) < 4.78 is 2.75. The monoisotopic (exact) mass is 281 g/mol. The maximum Gasteiger partial charge on any atom is 0.0934 e. The summed E-state index contributed by atoms with van der Waals surface area (Å²) in [5, 5.41) is 7.80. The number of aryl methyl sites for hydroxylation is 2. The molecule has 18 heavy (non-hydrogen) atoms. The quantitative estimate of drug-likeness (QED) is 0.935. The zero-order valence-corrected chi connectivity index (χ0v) is 11.9. The van der Waals surface area contributed by atoms with Gasteiger partial charge in [0.1, 0.15) is 0 Å². The molecule has 1 aliphatic rings. The van der Waals surface area contributed by atoms with E-state index in [9.17, 15) is 0 Å². The number of hydrogen-bond donors (Lipinski definition) is 1. The highest BCUT2D eigenvalue weighted by atomic mass is 35.5. The van der Waals surface area contributed by atoms with E-state index in [0.29, 0.717) is 6.04 Å². The normalized spacial score (nSPS) is 18.9. The molecule has 0 aliphatic heterocycles. The van der Waals surface area contributed by atoms with Crippen molar-refractivity contribution in [3.8, 4) is 0 Å². The Hall–Kier alpha value is -0.840. The van der Waals surface area contributed by atoms with Crippen molar-refractivity contribution < 1.29 is 0 Å². The van der Waals surface area contributed by atoms with E-state index in [4.69, 9.17) is 11.6 Å². The van der Waals surface area contributed by atoms with E-state index >= 15 is 0 Å². The van der Waals surface area contributed by atoms with E-state index in [1.807, 2.05) is 17.9 Å². The van der Waals surface area contributed by atoms with Crippen LogP contribution in [0.25, 0.3) is 0 Å². The first kappa shape index (κ1) is 12.2. The molecular weight excluding hydrogens is 266 g/mol. The molecule has 0 saturated carbocycles. The van der Waals surface area contributed by atoms with Crippen molar-refractivity contribution in [1.82, 2.24) is 15.1 Å². The molecule has 1 atom stereocenters. The zero-order chi connectivity index (χ0) is 12.5. The largest absolute Gasteiger partial charge is 0.306 e. The molecule has 0 aromatic carbocycles. The predicted molar refractivity (Wildman–Crippen MR) is 75.1 cm³/mol. The average Bonchev–Trinajstić information content (AvgIpc) is 2.91. The van der Waals surface area contributed by atoms with Crippen molar-refractivity contribution in [1.29, 1.82) is 0 Å². The zero-order valence-electron chi connectivity index (χ0n) is 10.3. The number of halogens is 1. The standard InChI is InChI=1S/C13H16ClN3S/c1-17-8-9(7-16-17)6-15-11-3-2-4-12-10(11)5-13(14)18-12/h5,7-8,11,15H,2-4,6H2,1H3. The SMILES string of the molecule is Cn1cc(CNC2CCCc3sc(Cl)cc32)cn1. The first-order valence-corrected chi connectivity index (χ1v) is 7.41. The van der Waals surface area contributed by atoms with Crippen LogP contribution in [0.1, 0.15) is 34.9 Å². The Balaban J connectivity index is 1.70. The minimum atomic E-state index is 0.442. The van der Waals surface area contributed by atoms with Crippen LogP contribution >= 0.6 is 22.9 Å². The Morgan fingerprint density at radius 1 is 1.61 bits per heavy atom. The average molecular weight is 282 g/mol. The van der Waals surface area contributed by atoms with Crippen molar-refractivity contribution in [2.45, 2.75) is 31.8 Å². The second-order valence-electron chi connectivity index (χ2n) is 4.78. The molecule has 0 radical (unpaired) electrons. The highest BCUT2D eigenvalue weighted by Gasteiger charge is 2.22. The van der Waals surface area contributed by atoms with Crippen molar-refractivity contribution in [3.63, 3.8) is 0 Å². The van der Waals surface area contributed by atoms with Gasteiger partial charge < -0.3 is 5.32 Å². The number of nitrogens with one attached hydrogen (secondary N) is 1. The predicted octanol–water partition coefficient (Wildman–Crippen LogP) is 3.30. The Labute approximate surface area is 116 Å². The van der Waals surface area contributed by atoms with Crippen LogP contribution in [0.15, 0.2) is 18.5 Å². The Bertz CT molecular complexity index is 546. The van der Waals surface area contributed by atoms with Gasteiger partial charge in [-0.2, -0.15) is 5.10 Å². The molecule has 2 heterocycles. The first-order chi connectivity index (χ1) is 8.72. The molecular formula is C13H16ClN3S. The lowest BCUT2D eigenvalue weighted by molar-refractivity contribution is 0.463. The van der Waals surface area contributed by atoms with E-state index < -0.39 is 0 Å². The molecule has 96 valence electrons. The van der Waals surface area contributed by atoms with Gasteiger partial charge in [-0.05, 0) is 30.9 Å². The highest BCUT2D eigenvalue weighted by Crippen LogP contribution is 2.37. The summed E-state index contributed by atoms with van der Waals surface area (Å²) in [6.07, 6.45) is 7.58. The molecule has 0 fully saturated rings. The smallest absolute Gasteiger partial charge is 0.0934 e. The van der Waals surface area contributed by atoms with Crippen LogP contribution in [0.4, 0.5) is 0 Å². The summed E-state index contributed by atoms with van der Waals surface area (Å²) in [6, 6.07) is 2.57. The van der Waals surface area contributed by atoms with Crippen molar-refractivity contribution >= 4 is 22.9 Å². The third-order valence-electron chi connectivity index (χ3n) is 3.39. The maximum absolute atomic E-state index is 6.11. The van der Waals surface area contributed by atoms with E-state index in [-0.39, 0.29) is 0 Å². The molecule has 5 heteroatoms. The number of fused-ring (bicyclic) bond motifs is 1. The number of aromatic nitrogens is 2. The molecule has 2 aromatic rings. The van der Waals surface area contributed by atoms with Gasteiger partial charge in [0.15, 0.2) is 0 Å². The van der Waals surface area contributed by atoms with Gasteiger partial charge in [-0.25, -0.2) is 0 Å². The first-order valence-electron chi connectivity index (χ1n) is 6.21. The molecule has 3 nitrogen and oxygen atoms in total. The molecule has 0 spiro atoms. The fourth-order valence-electron chi connectivity index (χ4n) is 2.54. The fraction of sp³-hybridized carbons (Fsp3) is 0.462. The summed E-state index contributed by atoms with van der Waals surface area (Å²) >= 11 is 7.84. The summed E-state index contributed by atoms with van der Waals surface area (Å²) in [5.74, 6) is 0. The molecule has 2 aromatic heterocycles. The van der Waals surface area contributed by atoms with Crippen LogP contribution in [-0.2, 0) is 20.0 Å². The van der Waals surface area contributed by atoms with Crippen molar-refractivity contribution in [2.24, 2.45) is 7.05 Å². The Morgan fingerprint density at radius 3 is 3.28 bits per heavy atom. The van der Waals surface area contributed by atoms with Crippen molar-refractivity contribution in [3.05, 3.63) is 38.8 Å². The molecule has 1 aliphatic carbocycles. The second-order valence-corrected chi connectivity index (χ2v) is 6.55. The van der Waals surface area contributed by atoms with Gasteiger partial charge in [0.25, 0.3) is 0 Å². The van der Waals surface area contributed by atoms with Gasteiger partial charge in [-0.15, -0.1) is 11.3 Å². The van der Waals surface area contributed by atoms with E-state index in [0.717, 1.165) is 10.9 Å².